The van der Waals surface area contributed by atoms with Crippen LogP contribution in [0, 0.1) is 6.92 Å². The number of benzene rings is 2. The molecule has 0 saturated carbocycles. The summed E-state index contributed by atoms with van der Waals surface area (Å²) >= 11 is 0. The minimum atomic E-state index is 1.19. The summed E-state index contributed by atoms with van der Waals surface area (Å²) in [5.74, 6) is 0. The summed E-state index contributed by atoms with van der Waals surface area (Å²) in [5.41, 5.74) is 6.97. The van der Waals surface area contributed by atoms with E-state index < -0.39 is 0 Å². The number of fused-ring (bicyclic) bond motifs is 1. The van der Waals surface area contributed by atoms with Crippen molar-refractivity contribution in [2.75, 3.05) is 0 Å². The maximum Gasteiger partial charge on any atom is -0.0146 e. The van der Waals surface area contributed by atoms with E-state index in [-0.39, 0.29) is 0 Å². The van der Waals surface area contributed by atoms with Gasteiger partial charge in [0.2, 0.25) is 0 Å². The van der Waals surface area contributed by atoms with E-state index >= 15 is 0 Å². The third-order valence-electron chi connectivity index (χ3n) is 3.67. The molecule has 0 N–H and O–H groups in total. The topological polar surface area (TPSA) is 0 Å². The highest BCUT2D eigenvalue weighted by atomic mass is 14.1. The predicted octanol–water partition coefficient (Wildman–Crippen LogP) is 5.01. The molecule has 0 fully saturated rings. The molecule has 0 saturated heterocycles. The lowest BCUT2D eigenvalue weighted by Crippen LogP contribution is -1.92. The second-order valence-corrected chi connectivity index (χ2v) is 5.03. The van der Waals surface area contributed by atoms with Gasteiger partial charge in [0.05, 0.1) is 0 Å². The molecule has 0 bridgehead atoms. The fourth-order valence-electron chi connectivity index (χ4n) is 2.65. The van der Waals surface area contributed by atoms with Crippen molar-refractivity contribution < 1.29 is 0 Å². The highest BCUT2D eigenvalue weighted by Crippen LogP contribution is 2.30. The van der Waals surface area contributed by atoms with Crippen LogP contribution >= 0.6 is 0 Å². The molecule has 3 rings (SSSR count). The first-order valence-electron chi connectivity index (χ1n) is 6.70. The van der Waals surface area contributed by atoms with Crippen molar-refractivity contribution in [3.05, 3.63) is 65.2 Å². The van der Waals surface area contributed by atoms with Crippen LogP contribution in [0.3, 0.4) is 0 Å². The molecule has 0 spiro atoms. The SMILES string of the molecule is Cc1ccc(-c2cccc3c2CCCC=C3)cc1. The van der Waals surface area contributed by atoms with E-state index in [1.54, 1.807) is 0 Å². The zero-order valence-corrected chi connectivity index (χ0v) is 10.8. The Balaban J connectivity index is 2.13. The smallest absolute Gasteiger partial charge is 0.0146 e. The van der Waals surface area contributed by atoms with Crippen molar-refractivity contribution in [2.45, 2.75) is 26.2 Å². The molecule has 0 heterocycles. The standard InChI is InChI=1S/C18H18/c1-14-10-12-16(13-11-14)18-9-5-7-15-6-3-2-4-8-17(15)18/h3,5-7,9-13H,2,4,8H2,1H3. The van der Waals surface area contributed by atoms with Gasteiger partial charge in [0, 0.05) is 0 Å². The number of allylic oxidation sites excluding steroid dienone is 1. The number of rotatable bonds is 1. The second kappa shape index (κ2) is 4.81. The van der Waals surface area contributed by atoms with Gasteiger partial charge in [-0.1, -0.05) is 60.2 Å². The van der Waals surface area contributed by atoms with Gasteiger partial charge in [0.15, 0.2) is 0 Å². The lowest BCUT2D eigenvalue weighted by molar-refractivity contribution is 0.853. The third kappa shape index (κ3) is 2.11. The Kier molecular flexibility index (Phi) is 3.02. The van der Waals surface area contributed by atoms with E-state index in [1.807, 2.05) is 0 Å². The Morgan fingerprint density at radius 3 is 2.61 bits per heavy atom. The maximum absolute atomic E-state index is 2.30. The van der Waals surface area contributed by atoms with Gasteiger partial charge in [-0.05, 0) is 48.4 Å². The van der Waals surface area contributed by atoms with E-state index in [1.165, 1.54) is 47.1 Å². The van der Waals surface area contributed by atoms with Crippen molar-refractivity contribution in [3.8, 4) is 11.1 Å². The lowest BCUT2D eigenvalue weighted by Gasteiger charge is -2.12. The molecule has 1 aliphatic carbocycles. The average molecular weight is 234 g/mol. The fourth-order valence-corrected chi connectivity index (χ4v) is 2.65. The van der Waals surface area contributed by atoms with Gasteiger partial charge in [-0.25, -0.2) is 0 Å². The summed E-state index contributed by atoms with van der Waals surface area (Å²) < 4.78 is 0. The average Bonchev–Trinajstić information content (AvgIpc) is 2.64. The van der Waals surface area contributed by atoms with E-state index in [0.29, 0.717) is 0 Å². The molecule has 90 valence electrons. The van der Waals surface area contributed by atoms with E-state index in [4.69, 9.17) is 0 Å². The molecular weight excluding hydrogens is 216 g/mol. The van der Waals surface area contributed by atoms with E-state index in [0.717, 1.165) is 0 Å². The second-order valence-electron chi connectivity index (χ2n) is 5.03. The molecule has 0 radical (unpaired) electrons. The van der Waals surface area contributed by atoms with Crippen LogP contribution in [0.25, 0.3) is 17.2 Å². The van der Waals surface area contributed by atoms with Crippen molar-refractivity contribution in [1.29, 1.82) is 0 Å². The molecule has 18 heavy (non-hydrogen) atoms. The van der Waals surface area contributed by atoms with E-state index in [9.17, 15) is 0 Å². The molecule has 1 aliphatic rings. The normalized spacial score (nSPS) is 14.1. The van der Waals surface area contributed by atoms with Crippen LogP contribution in [-0.4, -0.2) is 0 Å². The molecule has 0 nitrogen and oxygen atoms in total. The minimum absolute atomic E-state index is 1.19. The van der Waals surface area contributed by atoms with Crippen LogP contribution in [0.4, 0.5) is 0 Å². The highest BCUT2D eigenvalue weighted by molar-refractivity contribution is 5.73. The van der Waals surface area contributed by atoms with Gasteiger partial charge in [0.1, 0.15) is 0 Å². The Labute approximate surface area is 109 Å². The monoisotopic (exact) mass is 234 g/mol. The highest BCUT2D eigenvalue weighted by Gasteiger charge is 2.09. The van der Waals surface area contributed by atoms with Gasteiger partial charge < -0.3 is 0 Å². The summed E-state index contributed by atoms with van der Waals surface area (Å²) in [6.45, 7) is 2.14. The molecule has 0 heteroatoms. The molecule has 0 aromatic heterocycles. The van der Waals surface area contributed by atoms with Crippen molar-refractivity contribution in [3.63, 3.8) is 0 Å². The van der Waals surface area contributed by atoms with Crippen LogP contribution in [0.15, 0.2) is 48.5 Å². The zero-order chi connectivity index (χ0) is 12.4. The number of hydrogen-bond donors (Lipinski definition) is 0. The quantitative estimate of drug-likeness (QED) is 0.650. The molecule has 0 amide bonds. The van der Waals surface area contributed by atoms with Crippen molar-refractivity contribution in [1.82, 2.24) is 0 Å². The van der Waals surface area contributed by atoms with Crippen LogP contribution in [0.1, 0.15) is 29.5 Å². The first-order chi connectivity index (χ1) is 8.84. The van der Waals surface area contributed by atoms with E-state index in [2.05, 4.69) is 61.5 Å². The molecule has 2 aromatic rings. The van der Waals surface area contributed by atoms with Crippen molar-refractivity contribution >= 4 is 6.08 Å². The molecule has 2 aromatic carbocycles. The minimum Gasteiger partial charge on any atom is -0.0839 e. The van der Waals surface area contributed by atoms with Crippen LogP contribution in [-0.2, 0) is 6.42 Å². The summed E-state index contributed by atoms with van der Waals surface area (Å²) in [4.78, 5) is 0. The first-order valence-corrected chi connectivity index (χ1v) is 6.70. The lowest BCUT2D eigenvalue weighted by atomic mass is 9.93. The summed E-state index contributed by atoms with van der Waals surface area (Å²) in [5, 5.41) is 0. The zero-order valence-electron chi connectivity index (χ0n) is 10.8. The van der Waals surface area contributed by atoms with Crippen LogP contribution in [0.5, 0.6) is 0 Å². The Bertz CT molecular complexity index is 573. The summed E-state index contributed by atoms with van der Waals surface area (Å²) in [6, 6.07) is 15.5. The Hall–Kier alpha value is -1.82. The fraction of sp³-hybridized carbons (Fsp3) is 0.222. The van der Waals surface area contributed by atoms with Gasteiger partial charge in [-0.15, -0.1) is 0 Å². The Morgan fingerprint density at radius 1 is 0.944 bits per heavy atom. The summed E-state index contributed by atoms with van der Waals surface area (Å²) in [6.07, 6.45) is 8.21. The van der Waals surface area contributed by atoms with Gasteiger partial charge in [-0.3, -0.25) is 0 Å². The third-order valence-corrected chi connectivity index (χ3v) is 3.67. The predicted molar refractivity (Wildman–Crippen MR) is 78.6 cm³/mol. The maximum atomic E-state index is 2.30. The largest absolute Gasteiger partial charge is 0.0839 e. The van der Waals surface area contributed by atoms with Crippen molar-refractivity contribution in [2.24, 2.45) is 0 Å². The van der Waals surface area contributed by atoms with Gasteiger partial charge in [-0.2, -0.15) is 0 Å². The van der Waals surface area contributed by atoms with Gasteiger partial charge >= 0.3 is 0 Å². The summed E-state index contributed by atoms with van der Waals surface area (Å²) in [7, 11) is 0. The van der Waals surface area contributed by atoms with Crippen LogP contribution in [0.2, 0.25) is 0 Å². The van der Waals surface area contributed by atoms with Crippen LogP contribution < -0.4 is 0 Å². The Morgan fingerprint density at radius 2 is 1.78 bits per heavy atom. The molecular formula is C18H18. The number of hydrogen-bond acceptors (Lipinski definition) is 0. The molecule has 0 atom stereocenters. The first kappa shape index (κ1) is 11.3. The number of aryl methyl sites for hydroxylation is 1. The molecule has 0 unspecified atom stereocenters. The van der Waals surface area contributed by atoms with Gasteiger partial charge in [0.25, 0.3) is 0 Å². The molecule has 0 aliphatic heterocycles.